The van der Waals surface area contributed by atoms with Gasteiger partial charge in [0.25, 0.3) is 0 Å². The molecule has 0 aromatic heterocycles. The van der Waals surface area contributed by atoms with Gasteiger partial charge in [-0.15, -0.1) is 0 Å². The van der Waals surface area contributed by atoms with Crippen LogP contribution in [0.15, 0.2) is 47.6 Å². The van der Waals surface area contributed by atoms with Crippen LogP contribution in [0.5, 0.6) is 0 Å². The van der Waals surface area contributed by atoms with Crippen LogP contribution in [0.4, 0.5) is 5.69 Å². The Kier molecular flexibility index (Phi) is 4.58. The van der Waals surface area contributed by atoms with Crippen molar-refractivity contribution in [2.75, 3.05) is 18.1 Å². The molecule has 1 fully saturated rings. The number of nitrogens with one attached hydrogen (secondary N) is 1. The molecule has 0 amide bonds. The molecule has 2 atom stereocenters. The first-order valence-corrected chi connectivity index (χ1v) is 10.5. The number of nitriles is 1. The van der Waals surface area contributed by atoms with Crippen molar-refractivity contribution in [3.05, 3.63) is 64.2 Å². The highest BCUT2D eigenvalue weighted by atomic mass is 35.5. The highest BCUT2D eigenvalue weighted by molar-refractivity contribution is 6.32. The fourth-order valence-electron chi connectivity index (χ4n) is 5.13. The van der Waals surface area contributed by atoms with Crippen LogP contribution in [0.2, 0.25) is 5.02 Å². The van der Waals surface area contributed by atoms with E-state index >= 15 is 0 Å². The van der Waals surface area contributed by atoms with Gasteiger partial charge in [0.15, 0.2) is 0 Å². The first-order valence-electron chi connectivity index (χ1n) is 10.1. The van der Waals surface area contributed by atoms with Gasteiger partial charge in [-0.3, -0.25) is 5.01 Å². The fourth-order valence-corrected chi connectivity index (χ4v) is 5.35. The van der Waals surface area contributed by atoms with Crippen LogP contribution in [0.1, 0.15) is 36.0 Å². The van der Waals surface area contributed by atoms with Gasteiger partial charge in [-0.2, -0.15) is 10.4 Å². The molecule has 2 aromatic carbocycles. The number of benzene rings is 2. The lowest BCUT2D eigenvalue weighted by atomic mass is 9.73. The summed E-state index contributed by atoms with van der Waals surface area (Å²) >= 11 is 6.37. The van der Waals surface area contributed by atoms with E-state index < -0.39 is 0 Å². The van der Waals surface area contributed by atoms with Crippen LogP contribution in [0, 0.1) is 23.2 Å². The topological polar surface area (TPSA) is 51.4 Å². The van der Waals surface area contributed by atoms with Gasteiger partial charge in [0, 0.05) is 11.5 Å². The maximum Gasteiger partial charge on any atom is 0.101 e. The molecule has 0 saturated carbocycles. The van der Waals surface area contributed by atoms with Gasteiger partial charge in [-0.25, -0.2) is 0 Å². The number of hydrogen-bond acceptors (Lipinski definition) is 4. The summed E-state index contributed by atoms with van der Waals surface area (Å²) in [5.41, 5.74) is 5.44. The lowest BCUT2D eigenvalue weighted by Crippen LogP contribution is -2.45. The van der Waals surface area contributed by atoms with Crippen LogP contribution in [-0.2, 0) is 6.42 Å². The van der Waals surface area contributed by atoms with Crippen molar-refractivity contribution in [2.24, 2.45) is 16.9 Å². The molecular formula is C23H23ClN4. The molecule has 2 aromatic rings. The van der Waals surface area contributed by atoms with Crippen molar-refractivity contribution in [3.63, 3.8) is 0 Å². The molecule has 2 heterocycles. The monoisotopic (exact) mass is 390 g/mol. The average Bonchev–Trinajstić information content (AvgIpc) is 3.14. The highest BCUT2D eigenvalue weighted by Crippen LogP contribution is 2.42. The van der Waals surface area contributed by atoms with Crippen LogP contribution >= 0.6 is 11.6 Å². The first-order chi connectivity index (χ1) is 13.8. The van der Waals surface area contributed by atoms with Gasteiger partial charge in [0.2, 0.25) is 0 Å². The molecule has 0 bridgehead atoms. The molecular weight excluding hydrogens is 368 g/mol. The van der Waals surface area contributed by atoms with E-state index in [1.165, 1.54) is 29.7 Å². The van der Waals surface area contributed by atoms with Crippen LogP contribution in [0.3, 0.4) is 0 Å². The van der Waals surface area contributed by atoms with Gasteiger partial charge >= 0.3 is 0 Å². The summed E-state index contributed by atoms with van der Waals surface area (Å²) in [5.74, 6) is 1.06. The lowest BCUT2D eigenvalue weighted by molar-refractivity contribution is 0.278. The molecule has 1 N–H and O–H groups in total. The second-order valence-electron chi connectivity index (χ2n) is 7.99. The molecule has 0 radical (unpaired) electrons. The summed E-state index contributed by atoms with van der Waals surface area (Å²) in [7, 11) is 0. The Morgan fingerprint density at radius 2 is 1.93 bits per heavy atom. The van der Waals surface area contributed by atoms with Crippen molar-refractivity contribution in [2.45, 2.75) is 31.7 Å². The minimum absolute atomic E-state index is 0.356. The molecule has 1 saturated heterocycles. The zero-order valence-electron chi connectivity index (χ0n) is 15.7. The maximum absolute atomic E-state index is 9.23. The largest absolute Gasteiger partial charge is 0.317 e. The number of rotatable bonds is 2. The standard InChI is InChI=1S/C23H23ClN4/c24-21-13-18(7-5-17(21)14-25)28-23(16-9-11-26-12-10-16)20-8-6-15-3-1-2-4-19(15)22(20)27-28/h1-5,7,13,16,20,23,26H,6,8-12H2. The van der Waals surface area contributed by atoms with E-state index in [0.29, 0.717) is 28.5 Å². The summed E-state index contributed by atoms with van der Waals surface area (Å²) in [6.45, 7) is 2.14. The van der Waals surface area contributed by atoms with E-state index in [1.807, 2.05) is 18.2 Å². The van der Waals surface area contributed by atoms with Gasteiger partial charge in [0.1, 0.15) is 6.07 Å². The van der Waals surface area contributed by atoms with E-state index in [2.05, 4.69) is 40.7 Å². The van der Waals surface area contributed by atoms with Gasteiger partial charge < -0.3 is 5.32 Å². The minimum Gasteiger partial charge on any atom is -0.317 e. The van der Waals surface area contributed by atoms with E-state index in [4.69, 9.17) is 16.7 Å². The molecule has 3 aliphatic rings. The maximum atomic E-state index is 9.23. The quantitative estimate of drug-likeness (QED) is 0.828. The Balaban J connectivity index is 1.59. The zero-order valence-corrected chi connectivity index (χ0v) is 16.5. The molecule has 1 aliphatic carbocycles. The first kappa shape index (κ1) is 17.7. The summed E-state index contributed by atoms with van der Waals surface area (Å²) < 4.78 is 0. The van der Waals surface area contributed by atoms with Crippen molar-refractivity contribution >= 4 is 23.0 Å². The Hall–Kier alpha value is -2.35. The summed E-state index contributed by atoms with van der Waals surface area (Å²) in [6.07, 6.45) is 4.60. The van der Waals surface area contributed by atoms with Crippen LogP contribution < -0.4 is 10.3 Å². The SMILES string of the molecule is N#Cc1ccc(N2N=C3c4ccccc4CCC3C2C2CCNCC2)cc1Cl. The smallest absolute Gasteiger partial charge is 0.101 e. The van der Waals surface area contributed by atoms with Crippen molar-refractivity contribution in [3.8, 4) is 6.07 Å². The minimum atomic E-state index is 0.356. The molecule has 5 rings (SSSR count). The average molecular weight is 391 g/mol. The lowest BCUT2D eigenvalue weighted by Gasteiger charge is -2.38. The normalized spacial score (nSPS) is 24.3. The predicted octanol–water partition coefficient (Wildman–Crippen LogP) is 4.37. The molecule has 2 aliphatic heterocycles. The molecule has 4 nitrogen and oxygen atoms in total. The zero-order chi connectivity index (χ0) is 19.1. The summed E-state index contributed by atoms with van der Waals surface area (Å²) in [5, 5.41) is 20.6. The number of piperidine rings is 1. The number of hydrazone groups is 1. The molecule has 28 heavy (non-hydrogen) atoms. The Labute approximate surface area is 170 Å². The second-order valence-corrected chi connectivity index (χ2v) is 8.39. The third-order valence-electron chi connectivity index (χ3n) is 6.48. The fraction of sp³-hybridized carbons (Fsp3) is 0.391. The van der Waals surface area contributed by atoms with Gasteiger partial charge in [-0.05, 0) is 68.5 Å². The molecule has 142 valence electrons. The number of anilines is 1. The third kappa shape index (κ3) is 2.90. The van der Waals surface area contributed by atoms with E-state index in [1.54, 1.807) is 0 Å². The van der Waals surface area contributed by atoms with Crippen molar-refractivity contribution < 1.29 is 0 Å². The summed E-state index contributed by atoms with van der Waals surface area (Å²) in [6, 6.07) is 16.9. The number of hydrogen-bond donors (Lipinski definition) is 1. The Bertz CT molecular complexity index is 971. The van der Waals surface area contributed by atoms with Crippen LogP contribution in [0.25, 0.3) is 0 Å². The number of nitrogens with zero attached hydrogens (tertiary/aromatic N) is 3. The second kappa shape index (κ2) is 7.24. The van der Waals surface area contributed by atoms with Crippen LogP contribution in [-0.4, -0.2) is 24.8 Å². The third-order valence-corrected chi connectivity index (χ3v) is 6.80. The van der Waals surface area contributed by atoms with E-state index in [9.17, 15) is 5.26 Å². The Morgan fingerprint density at radius 1 is 1.11 bits per heavy atom. The number of halogens is 1. The molecule has 2 unspecified atom stereocenters. The Morgan fingerprint density at radius 3 is 2.71 bits per heavy atom. The predicted molar refractivity (Wildman–Crippen MR) is 113 cm³/mol. The number of fused-ring (bicyclic) bond motifs is 3. The number of aryl methyl sites for hydroxylation is 1. The highest BCUT2D eigenvalue weighted by Gasteiger charge is 2.45. The van der Waals surface area contributed by atoms with E-state index in [0.717, 1.165) is 31.6 Å². The van der Waals surface area contributed by atoms with Gasteiger partial charge in [-0.1, -0.05) is 35.9 Å². The molecule has 5 heteroatoms. The van der Waals surface area contributed by atoms with Crippen molar-refractivity contribution in [1.82, 2.24) is 5.32 Å². The molecule has 0 spiro atoms. The van der Waals surface area contributed by atoms with Crippen molar-refractivity contribution in [1.29, 1.82) is 5.26 Å². The van der Waals surface area contributed by atoms with E-state index in [-0.39, 0.29) is 0 Å². The van der Waals surface area contributed by atoms with Gasteiger partial charge in [0.05, 0.1) is 28.0 Å². The summed E-state index contributed by atoms with van der Waals surface area (Å²) in [4.78, 5) is 0.